The van der Waals surface area contributed by atoms with E-state index in [1.165, 1.54) is 23.0 Å². The predicted molar refractivity (Wildman–Crippen MR) is 112 cm³/mol. The highest BCUT2D eigenvalue weighted by atomic mass is 35.5. The average Bonchev–Trinajstić information content (AvgIpc) is 3.16. The molecular weight excluding hydrogens is 400 g/mol. The third kappa shape index (κ3) is 3.12. The molecular formula is C19H19ClN4O3S. The van der Waals surface area contributed by atoms with E-state index in [1.807, 2.05) is 24.3 Å². The number of rotatable bonds is 2. The zero-order valence-electron chi connectivity index (χ0n) is 15.5. The number of aryl methyl sites for hydroxylation is 1. The Morgan fingerprint density at radius 3 is 2.29 bits per heavy atom. The van der Waals surface area contributed by atoms with Crippen LogP contribution in [0, 0.1) is 0 Å². The Hall–Kier alpha value is -2.58. The molecule has 1 aliphatic heterocycles. The van der Waals surface area contributed by atoms with Gasteiger partial charge in [-0.25, -0.2) is 4.79 Å². The van der Waals surface area contributed by atoms with E-state index in [1.54, 1.807) is 18.0 Å². The minimum absolute atomic E-state index is 0.105. The lowest BCUT2D eigenvalue weighted by atomic mass is 10.2. The fourth-order valence-electron chi connectivity index (χ4n) is 3.44. The third-order valence-electron chi connectivity index (χ3n) is 5.10. The first-order valence-corrected chi connectivity index (χ1v) is 10.1. The van der Waals surface area contributed by atoms with Crippen molar-refractivity contribution < 1.29 is 4.79 Å². The molecule has 0 radical (unpaired) electrons. The van der Waals surface area contributed by atoms with Gasteiger partial charge in [0.15, 0.2) is 0 Å². The number of nitrogens with zero attached hydrogens (tertiary/aromatic N) is 4. The van der Waals surface area contributed by atoms with Crippen LogP contribution in [0.25, 0.3) is 10.2 Å². The first-order chi connectivity index (χ1) is 13.4. The number of thiophene rings is 1. The van der Waals surface area contributed by atoms with Crippen molar-refractivity contribution in [3.05, 3.63) is 61.1 Å². The lowest BCUT2D eigenvalue weighted by Crippen LogP contribution is -2.48. The SMILES string of the molecule is Cn1c(=O)c2cc(C(=O)N3CCN(c4ccc(Cl)cc4)CC3)sc2n(C)c1=O. The zero-order valence-corrected chi connectivity index (χ0v) is 17.1. The molecule has 0 spiro atoms. The molecule has 3 heterocycles. The van der Waals surface area contributed by atoms with E-state index in [-0.39, 0.29) is 11.5 Å². The number of halogens is 1. The summed E-state index contributed by atoms with van der Waals surface area (Å²) < 4.78 is 2.48. The maximum Gasteiger partial charge on any atom is 0.331 e. The van der Waals surface area contributed by atoms with Crippen molar-refractivity contribution in [1.29, 1.82) is 0 Å². The number of fused-ring (bicyclic) bond motifs is 1. The van der Waals surface area contributed by atoms with E-state index in [9.17, 15) is 14.4 Å². The minimum Gasteiger partial charge on any atom is -0.368 e. The second-order valence-corrected chi connectivity index (χ2v) is 8.26. The molecule has 0 aliphatic carbocycles. The number of hydrogen-bond acceptors (Lipinski definition) is 5. The molecule has 1 amide bonds. The minimum atomic E-state index is -0.394. The van der Waals surface area contributed by atoms with E-state index in [2.05, 4.69) is 4.90 Å². The second kappa shape index (κ2) is 7.10. The Labute approximate surface area is 170 Å². The van der Waals surface area contributed by atoms with Crippen molar-refractivity contribution in [1.82, 2.24) is 14.0 Å². The van der Waals surface area contributed by atoms with E-state index in [0.29, 0.717) is 33.2 Å². The van der Waals surface area contributed by atoms with Crippen LogP contribution < -0.4 is 16.1 Å². The van der Waals surface area contributed by atoms with Gasteiger partial charge in [0.05, 0.1) is 10.3 Å². The molecule has 1 saturated heterocycles. The van der Waals surface area contributed by atoms with E-state index < -0.39 is 5.69 Å². The molecule has 2 aromatic heterocycles. The lowest BCUT2D eigenvalue weighted by Gasteiger charge is -2.36. The van der Waals surface area contributed by atoms with Gasteiger partial charge in [0.2, 0.25) is 0 Å². The van der Waals surface area contributed by atoms with Gasteiger partial charge < -0.3 is 9.80 Å². The van der Waals surface area contributed by atoms with Gasteiger partial charge in [0.1, 0.15) is 4.83 Å². The van der Waals surface area contributed by atoms with Crippen molar-refractivity contribution >= 4 is 44.7 Å². The zero-order chi connectivity index (χ0) is 20.0. The molecule has 1 fully saturated rings. The summed E-state index contributed by atoms with van der Waals surface area (Å²) in [6.45, 7) is 2.62. The molecule has 1 aromatic carbocycles. The quantitative estimate of drug-likeness (QED) is 0.637. The Morgan fingerprint density at radius 2 is 1.64 bits per heavy atom. The molecule has 0 N–H and O–H groups in total. The van der Waals surface area contributed by atoms with Gasteiger partial charge in [-0.15, -0.1) is 11.3 Å². The number of benzene rings is 1. The number of piperazine rings is 1. The van der Waals surface area contributed by atoms with Crippen LogP contribution in [0.5, 0.6) is 0 Å². The van der Waals surface area contributed by atoms with Crippen LogP contribution in [-0.2, 0) is 14.1 Å². The number of aromatic nitrogens is 2. The molecule has 0 atom stereocenters. The van der Waals surface area contributed by atoms with Crippen molar-refractivity contribution in [2.24, 2.45) is 14.1 Å². The highest BCUT2D eigenvalue weighted by Gasteiger charge is 2.25. The van der Waals surface area contributed by atoms with Gasteiger partial charge in [-0.05, 0) is 30.3 Å². The number of anilines is 1. The molecule has 1 aliphatic rings. The molecule has 3 aromatic rings. The standard InChI is InChI=1S/C19H19ClN4O3S/c1-21-16(25)14-11-15(28-18(14)22(2)19(21)27)17(26)24-9-7-23(8-10-24)13-5-3-12(20)4-6-13/h3-6,11H,7-10H2,1-2H3. The third-order valence-corrected chi connectivity index (χ3v) is 6.55. The normalized spacial score (nSPS) is 14.7. The van der Waals surface area contributed by atoms with E-state index in [4.69, 9.17) is 11.6 Å². The number of amides is 1. The van der Waals surface area contributed by atoms with Crippen LogP contribution >= 0.6 is 22.9 Å². The summed E-state index contributed by atoms with van der Waals surface area (Å²) in [5.74, 6) is -0.105. The average molecular weight is 419 g/mol. The number of hydrogen-bond donors (Lipinski definition) is 0. The first-order valence-electron chi connectivity index (χ1n) is 8.86. The summed E-state index contributed by atoms with van der Waals surface area (Å²) >= 11 is 7.13. The monoisotopic (exact) mass is 418 g/mol. The van der Waals surface area contributed by atoms with Gasteiger partial charge in [-0.1, -0.05) is 11.6 Å². The Bertz CT molecular complexity index is 1170. The number of carbonyl (C=O) groups excluding carboxylic acids is 1. The summed E-state index contributed by atoms with van der Waals surface area (Å²) in [5.41, 5.74) is 0.313. The summed E-state index contributed by atoms with van der Waals surface area (Å²) in [6.07, 6.45) is 0. The maximum atomic E-state index is 13.0. The van der Waals surface area contributed by atoms with Crippen LogP contribution in [-0.4, -0.2) is 46.1 Å². The fourth-order valence-corrected chi connectivity index (χ4v) is 4.64. The summed E-state index contributed by atoms with van der Waals surface area (Å²) in [7, 11) is 3.05. The van der Waals surface area contributed by atoms with Crippen LogP contribution in [0.4, 0.5) is 5.69 Å². The van der Waals surface area contributed by atoms with Crippen LogP contribution in [0.2, 0.25) is 5.02 Å². The Morgan fingerprint density at radius 1 is 1.00 bits per heavy atom. The molecule has 0 bridgehead atoms. The van der Waals surface area contributed by atoms with Gasteiger partial charge in [-0.3, -0.25) is 18.7 Å². The van der Waals surface area contributed by atoms with Gasteiger partial charge in [-0.2, -0.15) is 0 Å². The second-order valence-electron chi connectivity index (χ2n) is 6.79. The number of carbonyl (C=O) groups is 1. The summed E-state index contributed by atoms with van der Waals surface area (Å²) in [5, 5.41) is 1.10. The molecule has 146 valence electrons. The molecule has 7 nitrogen and oxygen atoms in total. The predicted octanol–water partition coefficient (Wildman–Crippen LogP) is 1.91. The van der Waals surface area contributed by atoms with E-state index in [0.717, 1.165) is 23.3 Å². The fraction of sp³-hybridized carbons (Fsp3) is 0.316. The summed E-state index contributed by atoms with van der Waals surface area (Å²) in [6, 6.07) is 9.27. The highest BCUT2D eigenvalue weighted by Crippen LogP contribution is 2.24. The molecule has 9 heteroatoms. The maximum absolute atomic E-state index is 13.0. The van der Waals surface area contributed by atoms with Crippen LogP contribution in [0.15, 0.2) is 39.9 Å². The molecule has 0 unspecified atom stereocenters. The smallest absolute Gasteiger partial charge is 0.331 e. The van der Waals surface area contributed by atoms with E-state index >= 15 is 0 Å². The van der Waals surface area contributed by atoms with Gasteiger partial charge in [0.25, 0.3) is 11.5 Å². The largest absolute Gasteiger partial charge is 0.368 e. The molecule has 0 saturated carbocycles. The van der Waals surface area contributed by atoms with Crippen molar-refractivity contribution in [3.63, 3.8) is 0 Å². The first kappa shape index (κ1) is 18.8. The molecule has 28 heavy (non-hydrogen) atoms. The lowest BCUT2D eigenvalue weighted by molar-refractivity contribution is 0.0751. The van der Waals surface area contributed by atoms with Gasteiger partial charge >= 0.3 is 5.69 Å². The molecule has 4 rings (SSSR count). The van der Waals surface area contributed by atoms with Crippen molar-refractivity contribution in [3.8, 4) is 0 Å². The van der Waals surface area contributed by atoms with Crippen LogP contribution in [0.3, 0.4) is 0 Å². The van der Waals surface area contributed by atoms with Crippen molar-refractivity contribution in [2.45, 2.75) is 0 Å². The topological polar surface area (TPSA) is 67.6 Å². The highest BCUT2D eigenvalue weighted by molar-refractivity contribution is 7.20. The van der Waals surface area contributed by atoms with Crippen molar-refractivity contribution in [2.75, 3.05) is 31.1 Å². The van der Waals surface area contributed by atoms with Gasteiger partial charge in [0, 0.05) is 51.0 Å². The Kier molecular flexibility index (Phi) is 4.76. The summed E-state index contributed by atoms with van der Waals surface area (Å²) in [4.78, 5) is 42.4. The van der Waals surface area contributed by atoms with Crippen LogP contribution in [0.1, 0.15) is 9.67 Å². The Balaban J connectivity index is 1.55.